The second kappa shape index (κ2) is 9.02. The van der Waals surface area contributed by atoms with E-state index in [-0.39, 0.29) is 0 Å². The molecule has 0 aliphatic carbocycles. The zero-order chi connectivity index (χ0) is 23.8. The summed E-state index contributed by atoms with van der Waals surface area (Å²) in [5, 5.41) is 25.9. The maximum absolute atomic E-state index is 10.3. The summed E-state index contributed by atoms with van der Waals surface area (Å²) in [6.07, 6.45) is 3.64. The molecule has 33 heavy (non-hydrogen) atoms. The highest BCUT2D eigenvalue weighted by Gasteiger charge is 2.23. The predicted molar refractivity (Wildman–Crippen MR) is 133 cm³/mol. The fourth-order valence-electron chi connectivity index (χ4n) is 3.67. The van der Waals surface area contributed by atoms with Crippen LogP contribution in [0.15, 0.2) is 53.7 Å². The van der Waals surface area contributed by atoms with Gasteiger partial charge in [0.25, 0.3) is 0 Å². The van der Waals surface area contributed by atoms with Crippen molar-refractivity contribution in [2.24, 2.45) is 0 Å². The van der Waals surface area contributed by atoms with Gasteiger partial charge in [-0.05, 0) is 49.9 Å². The van der Waals surface area contributed by atoms with Gasteiger partial charge < -0.3 is 10.0 Å². The van der Waals surface area contributed by atoms with E-state index in [2.05, 4.69) is 4.98 Å². The lowest BCUT2D eigenvalue weighted by Crippen LogP contribution is -2.36. The van der Waals surface area contributed by atoms with Crippen LogP contribution in [-0.2, 0) is 0 Å². The van der Waals surface area contributed by atoms with E-state index in [1.165, 1.54) is 0 Å². The van der Waals surface area contributed by atoms with Crippen LogP contribution >= 0.6 is 23.4 Å². The zero-order valence-corrected chi connectivity index (χ0v) is 20.3. The number of hydrogen-bond acceptors (Lipinski definition) is 7. The number of nitriles is 1. The molecule has 0 spiro atoms. The smallest absolute Gasteiger partial charge is 0.167 e. The molecule has 0 saturated heterocycles. The lowest BCUT2D eigenvalue weighted by atomic mass is 10.0. The molecule has 3 aromatic heterocycles. The Hall–Kier alpha value is -3.12. The van der Waals surface area contributed by atoms with Crippen molar-refractivity contribution >= 4 is 34.8 Å². The van der Waals surface area contributed by atoms with Crippen LogP contribution in [0.25, 0.3) is 28.0 Å². The molecule has 7 nitrogen and oxygen atoms in total. The number of thioether (sulfide) groups is 1. The molecule has 0 atom stereocenters. The summed E-state index contributed by atoms with van der Waals surface area (Å²) in [5.74, 6) is 0.730. The zero-order valence-electron chi connectivity index (χ0n) is 18.7. The molecular formula is C24H23ClN6OS. The summed E-state index contributed by atoms with van der Waals surface area (Å²) < 4.78 is 1.82. The topological polar surface area (TPSA) is 90.3 Å². The molecule has 4 aromatic rings. The first-order valence-electron chi connectivity index (χ1n) is 10.2. The minimum Gasteiger partial charge on any atom is -0.389 e. The average molecular weight is 479 g/mol. The summed E-state index contributed by atoms with van der Waals surface area (Å²) in [6, 6.07) is 15.1. The second-order valence-corrected chi connectivity index (χ2v) is 9.60. The molecule has 0 saturated carbocycles. The monoisotopic (exact) mass is 478 g/mol. The molecule has 168 valence electrons. The van der Waals surface area contributed by atoms with Gasteiger partial charge in [0, 0.05) is 36.4 Å². The molecule has 0 amide bonds. The second-order valence-electron chi connectivity index (χ2n) is 8.34. The quantitative estimate of drug-likeness (QED) is 0.311. The Morgan fingerprint density at radius 2 is 1.88 bits per heavy atom. The average Bonchev–Trinajstić information content (AvgIpc) is 3.17. The molecule has 0 bridgehead atoms. The van der Waals surface area contributed by atoms with Crippen LogP contribution in [0.4, 0.5) is 5.82 Å². The third-order valence-corrected chi connectivity index (χ3v) is 6.01. The molecule has 0 aliphatic rings. The maximum Gasteiger partial charge on any atom is 0.167 e. The predicted octanol–water partition coefficient (Wildman–Crippen LogP) is 4.91. The highest BCUT2D eigenvalue weighted by molar-refractivity contribution is 7.98. The van der Waals surface area contributed by atoms with Crippen molar-refractivity contribution in [1.29, 1.82) is 5.26 Å². The number of aliphatic hydroxyl groups is 1. The highest BCUT2D eigenvalue weighted by atomic mass is 35.5. The molecule has 1 aromatic carbocycles. The Kier molecular flexibility index (Phi) is 6.30. The van der Waals surface area contributed by atoms with Gasteiger partial charge in [0.05, 0.1) is 11.2 Å². The first kappa shape index (κ1) is 23.1. The summed E-state index contributed by atoms with van der Waals surface area (Å²) in [7, 11) is 1.91. The molecule has 3 heterocycles. The Balaban J connectivity index is 1.99. The SMILES string of the molecule is CSc1cc(N(C)CC(C)(C)O)nc2c(-c3ccc(Cl)cc3)c(-c3ccc(C#N)nc3)nn12. The highest BCUT2D eigenvalue weighted by Crippen LogP contribution is 2.37. The lowest BCUT2D eigenvalue weighted by Gasteiger charge is -2.26. The van der Waals surface area contributed by atoms with Gasteiger partial charge in [-0.1, -0.05) is 23.7 Å². The number of likely N-dealkylation sites (N-methyl/N-ethyl adjacent to an activating group) is 1. The summed E-state index contributed by atoms with van der Waals surface area (Å²) in [5.41, 5.74) is 3.39. The Labute approximate surface area is 201 Å². The standard InChI is InChI=1S/C24H23ClN6OS/c1-24(2,32)14-30(3)19-11-20(33-4)31-23(28-19)21(15-5-8-17(25)9-6-15)22(29-31)16-7-10-18(12-26)27-13-16/h5-11,13,32H,14H2,1-4H3. The normalized spacial score (nSPS) is 11.5. The van der Waals surface area contributed by atoms with E-state index >= 15 is 0 Å². The molecule has 0 radical (unpaired) electrons. The van der Waals surface area contributed by atoms with E-state index in [1.54, 1.807) is 37.9 Å². The number of anilines is 1. The molecule has 0 aliphatic heterocycles. The summed E-state index contributed by atoms with van der Waals surface area (Å²) >= 11 is 7.71. The van der Waals surface area contributed by atoms with Gasteiger partial charge in [0.15, 0.2) is 5.65 Å². The van der Waals surface area contributed by atoms with Crippen LogP contribution < -0.4 is 4.90 Å². The molecule has 9 heteroatoms. The number of benzene rings is 1. The van der Waals surface area contributed by atoms with E-state index in [0.717, 1.165) is 27.5 Å². The van der Waals surface area contributed by atoms with Crippen molar-refractivity contribution < 1.29 is 5.11 Å². The van der Waals surface area contributed by atoms with Crippen molar-refractivity contribution in [1.82, 2.24) is 19.6 Å². The number of hydrogen-bond donors (Lipinski definition) is 1. The summed E-state index contributed by atoms with van der Waals surface area (Å²) in [4.78, 5) is 11.1. The van der Waals surface area contributed by atoms with Gasteiger partial charge in [0.2, 0.25) is 0 Å². The maximum atomic E-state index is 10.3. The first-order chi connectivity index (χ1) is 15.7. The number of nitrogens with zero attached hydrogens (tertiary/aromatic N) is 6. The van der Waals surface area contributed by atoms with E-state index in [1.807, 2.05) is 65.2 Å². The molecular weight excluding hydrogens is 456 g/mol. The van der Waals surface area contributed by atoms with Gasteiger partial charge in [-0.15, -0.1) is 11.8 Å². The van der Waals surface area contributed by atoms with Crippen LogP contribution in [0.5, 0.6) is 0 Å². The third-order valence-electron chi connectivity index (χ3n) is 5.05. The van der Waals surface area contributed by atoms with Gasteiger partial charge >= 0.3 is 0 Å². The van der Waals surface area contributed by atoms with E-state index in [4.69, 9.17) is 26.9 Å². The van der Waals surface area contributed by atoms with E-state index in [9.17, 15) is 5.11 Å². The number of rotatable bonds is 6. The number of aromatic nitrogens is 4. The number of halogens is 1. The van der Waals surface area contributed by atoms with Crippen molar-refractivity contribution in [2.45, 2.75) is 24.5 Å². The molecule has 0 fully saturated rings. The van der Waals surface area contributed by atoms with Crippen molar-refractivity contribution in [3.63, 3.8) is 0 Å². The molecule has 1 N–H and O–H groups in total. The van der Waals surface area contributed by atoms with Crippen LogP contribution in [0.3, 0.4) is 0 Å². The van der Waals surface area contributed by atoms with Crippen molar-refractivity contribution in [2.75, 3.05) is 24.7 Å². The minimum absolute atomic E-state index is 0.342. The Morgan fingerprint density at radius 3 is 2.45 bits per heavy atom. The van der Waals surface area contributed by atoms with Gasteiger partial charge in [0.1, 0.15) is 28.3 Å². The molecule has 0 unspecified atom stereocenters. The number of fused-ring (bicyclic) bond motifs is 1. The van der Waals surface area contributed by atoms with Crippen LogP contribution in [0.2, 0.25) is 5.02 Å². The van der Waals surface area contributed by atoms with Crippen molar-refractivity contribution in [3.05, 3.63) is 59.4 Å². The van der Waals surface area contributed by atoms with Gasteiger partial charge in [-0.25, -0.2) is 14.5 Å². The Morgan fingerprint density at radius 1 is 1.18 bits per heavy atom. The first-order valence-corrected chi connectivity index (χ1v) is 11.8. The largest absolute Gasteiger partial charge is 0.389 e. The van der Waals surface area contributed by atoms with E-state index < -0.39 is 5.60 Å². The van der Waals surface area contributed by atoms with Crippen LogP contribution in [0, 0.1) is 11.3 Å². The Bertz CT molecular complexity index is 1340. The third kappa shape index (κ3) is 4.81. The lowest BCUT2D eigenvalue weighted by molar-refractivity contribution is 0.0884. The fraction of sp³-hybridized carbons (Fsp3) is 0.250. The van der Waals surface area contributed by atoms with Crippen molar-refractivity contribution in [3.8, 4) is 28.5 Å². The van der Waals surface area contributed by atoms with Crippen LogP contribution in [-0.4, -0.2) is 50.1 Å². The minimum atomic E-state index is -0.874. The molecule has 4 rings (SSSR count). The van der Waals surface area contributed by atoms with E-state index in [0.29, 0.717) is 28.6 Å². The fourth-order valence-corrected chi connectivity index (χ4v) is 4.31. The number of pyridine rings is 1. The van der Waals surface area contributed by atoms with Gasteiger partial charge in [-0.3, -0.25) is 0 Å². The summed E-state index contributed by atoms with van der Waals surface area (Å²) in [6.45, 7) is 3.96. The van der Waals surface area contributed by atoms with Gasteiger partial charge in [-0.2, -0.15) is 10.4 Å². The van der Waals surface area contributed by atoms with Crippen LogP contribution in [0.1, 0.15) is 19.5 Å².